The minimum absolute atomic E-state index is 0.0190. The summed E-state index contributed by atoms with van der Waals surface area (Å²) in [5.74, 6) is -4.65. The summed E-state index contributed by atoms with van der Waals surface area (Å²) in [6.45, 7) is 0.0709. The van der Waals surface area contributed by atoms with Crippen LogP contribution in [0, 0.1) is 0 Å². The van der Waals surface area contributed by atoms with E-state index in [9.17, 15) is 29.1 Å². The number of aromatic nitrogens is 1. The number of amides is 3. The molecular weight excluding hydrogens is 446 g/mol. The van der Waals surface area contributed by atoms with E-state index >= 15 is 0 Å². The second-order valence-corrected chi connectivity index (χ2v) is 8.05. The molecule has 2 aromatic rings. The zero-order chi connectivity index (χ0) is 24.7. The number of fused-ring (bicyclic) bond motifs is 1. The molecule has 3 unspecified atom stereocenters. The normalized spacial score (nSPS) is 17.0. The third-order valence-corrected chi connectivity index (χ3v) is 5.54. The molecule has 12 heteroatoms. The number of benzene rings is 1. The lowest BCUT2D eigenvalue weighted by Gasteiger charge is -2.20. The Labute approximate surface area is 194 Å². The highest BCUT2D eigenvalue weighted by Crippen LogP contribution is 2.19. The molecule has 0 radical (unpaired) electrons. The van der Waals surface area contributed by atoms with Gasteiger partial charge in [0.05, 0.1) is 19.0 Å². The molecule has 182 valence electrons. The van der Waals surface area contributed by atoms with Crippen molar-refractivity contribution in [3.05, 3.63) is 36.0 Å². The van der Waals surface area contributed by atoms with Crippen LogP contribution in [0.3, 0.4) is 0 Å². The van der Waals surface area contributed by atoms with Gasteiger partial charge in [0.1, 0.15) is 12.1 Å². The van der Waals surface area contributed by atoms with Crippen molar-refractivity contribution in [3.63, 3.8) is 0 Å². The smallest absolute Gasteiger partial charge is 0.326 e. The van der Waals surface area contributed by atoms with E-state index in [1.807, 2.05) is 24.3 Å². The number of carbonyl (C=O) groups is 5. The van der Waals surface area contributed by atoms with Gasteiger partial charge in [-0.1, -0.05) is 18.2 Å². The molecule has 1 aliphatic heterocycles. The van der Waals surface area contributed by atoms with Crippen LogP contribution in [0.15, 0.2) is 30.5 Å². The van der Waals surface area contributed by atoms with Gasteiger partial charge in [0.25, 0.3) is 0 Å². The predicted molar refractivity (Wildman–Crippen MR) is 120 cm³/mol. The highest BCUT2D eigenvalue weighted by molar-refractivity contribution is 5.94. The molecule has 0 aliphatic carbocycles. The minimum Gasteiger partial charge on any atom is -0.481 e. The highest BCUT2D eigenvalue weighted by atomic mass is 16.4. The summed E-state index contributed by atoms with van der Waals surface area (Å²) in [4.78, 5) is 62.9. The van der Waals surface area contributed by atoms with E-state index in [-0.39, 0.29) is 6.42 Å². The van der Waals surface area contributed by atoms with E-state index in [0.717, 1.165) is 17.3 Å². The van der Waals surface area contributed by atoms with Gasteiger partial charge in [-0.2, -0.15) is 0 Å². The van der Waals surface area contributed by atoms with E-state index < -0.39 is 60.8 Å². The van der Waals surface area contributed by atoms with Crippen LogP contribution in [0.2, 0.25) is 0 Å². The SMILES string of the molecule is O=C(O)CC(NC(=O)C1CCCN1)C(=O)NCC(=O)NC(Cc1c[nH]c2ccccc12)C(=O)O. The fourth-order valence-corrected chi connectivity index (χ4v) is 3.82. The van der Waals surface area contributed by atoms with E-state index in [1.54, 1.807) is 6.20 Å². The van der Waals surface area contributed by atoms with E-state index in [1.165, 1.54) is 0 Å². The summed E-state index contributed by atoms with van der Waals surface area (Å²) in [5, 5.41) is 29.4. The summed E-state index contributed by atoms with van der Waals surface area (Å²) >= 11 is 0. The molecule has 1 saturated heterocycles. The van der Waals surface area contributed by atoms with Crippen molar-refractivity contribution in [1.29, 1.82) is 0 Å². The van der Waals surface area contributed by atoms with E-state index in [4.69, 9.17) is 5.11 Å². The van der Waals surface area contributed by atoms with Crippen molar-refractivity contribution < 1.29 is 34.2 Å². The lowest BCUT2D eigenvalue weighted by Crippen LogP contribution is -2.54. The molecule has 2 heterocycles. The molecular formula is C22H27N5O7. The van der Waals surface area contributed by atoms with Crippen molar-refractivity contribution in [1.82, 2.24) is 26.3 Å². The fourth-order valence-electron chi connectivity index (χ4n) is 3.82. The molecule has 1 aliphatic rings. The van der Waals surface area contributed by atoms with Gasteiger partial charge in [-0.25, -0.2) is 4.79 Å². The zero-order valence-corrected chi connectivity index (χ0v) is 18.3. The quantitative estimate of drug-likeness (QED) is 0.219. The average molecular weight is 473 g/mol. The van der Waals surface area contributed by atoms with E-state index in [2.05, 4.69) is 26.3 Å². The Morgan fingerprint density at radius 1 is 1.06 bits per heavy atom. The number of hydrogen-bond donors (Lipinski definition) is 7. The van der Waals surface area contributed by atoms with Gasteiger partial charge in [-0.3, -0.25) is 19.2 Å². The predicted octanol–water partition coefficient (Wildman–Crippen LogP) is -0.892. The molecule has 3 rings (SSSR count). The maximum Gasteiger partial charge on any atom is 0.326 e. The highest BCUT2D eigenvalue weighted by Gasteiger charge is 2.29. The Hall–Kier alpha value is -3.93. The Bertz CT molecular complexity index is 1080. The number of carbonyl (C=O) groups excluding carboxylic acids is 3. The monoisotopic (exact) mass is 473 g/mol. The second kappa shape index (κ2) is 11.3. The number of rotatable bonds is 11. The number of nitrogens with one attached hydrogen (secondary N) is 5. The lowest BCUT2D eigenvalue weighted by molar-refractivity contribution is -0.142. The summed E-state index contributed by atoms with van der Waals surface area (Å²) in [6, 6.07) is 4.21. The molecule has 34 heavy (non-hydrogen) atoms. The molecule has 3 atom stereocenters. The van der Waals surface area contributed by atoms with E-state index in [0.29, 0.717) is 18.5 Å². The summed E-state index contributed by atoms with van der Waals surface area (Å²) in [6.07, 6.45) is 2.39. The first-order chi connectivity index (χ1) is 16.2. The number of carboxylic acids is 2. The molecule has 12 nitrogen and oxygen atoms in total. The first kappa shape index (κ1) is 24.7. The first-order valence-corrected chi connectivity index (χ1v) is 10.8. The van der Waals surface area contributed by atoms with Crippen molar-refractivity contribution in [2.45, 2.75) is 43.8 Å². The largest absolute Gasteiger partial charge is 0.481 e. The molecule has 1 fully saturated rings. The molecule has 1 aromatic heterocycles. The number of hydrogen-bond acceptors (Lipinski definition) is 6. The van der Waals surface area contributed by atoms with Gasteiger partial charge in [0.2, 0.25) is 17.7 Å². The fraction of sp³-hybridized carbons (Fsp3) is 0.409. The maximum atomic E-state index is 12.4. The second-order valence-electron chi connectivity index (χ2n) is 8.05. The van der Waals surface area contributed by atoms with Gasteiger partial charge in [-0.05, 0) is 31.0 Å². The number of para-hydroxylation sites is 1. The van der Waals surface area contributed by atoms with Crippen LogP contribution in [0.5, 0.6) is 0 Å². The van der Waals surface area contributed by atoms with Crippen LogP contribution in [0.4, 0.5) is 0 Å². The number of aromatic amines is 1. The third-order valence-electron chi connectivity index (χ3n) is 5.54. The van der Waals surface area contributed by atoms with Gasteiger partial charge < -0.3 is 36.5 Å². The Balaban J connectivity index is 1.55. The summed E-state index contributed by atoms with van der Waals surface area (Å²) in [7, 11) is 0. The summed E-state index contributed by atoms with van der Waals surface area (Å²) in [5.41, 5.74) is 1.54. The topological polar surface area (TPSA) is 190 Å². The van der Waals surface area contributed by atoms with Crippen molar-refractivity contribution in [3.8, 4) is 0 Å². The molecule has 0 saturated carbocycles. The molecule has 0 bridgehead atoms. The van der Waals surface area contributed by atoms with Crippen LogP contribution >= 0.6 is 0 Å². The van der Waals surface area contributed by atoms with Crippen molar-refractivity contribution in [2.24, 2.45) is 0 Å². The third kappa shape index (κ3) is 6.54. The van der Waals surface area contributed by atoms with Gasteiger partial charge >= 0.3 is 11.9 Å². The average Bonchev–Trinajstić information content (AvgIpc) is 3.47. The number of aliphatic carboxylic acids is 2. The van der Waals surface area contributed by atoms with Crippen LogP contribution in [-0.4, -0.2) is 76.1 Å². The Kier molecular flexibility index (Phi) is 8.19. The van der Waals surface area contributed by atoms with Crippen molar-refractivity contribution in [2.75, 3.05) is 13.1 Å². The van der Waals surface area contributed by atoms with Gasteiger partial charge in [-0.15, -0.1) is 0 Å². The van der Waals surface area contributed by atoms with Crippen LogP contribution < -0.4 is 21.3 Å². The number of H-pyrrole nitrogens is 1. The van der Waals surface area contributed by atoms with Gasteiger partial charge in [0.15, 0.2) is 0 Å². The van der Waals surface area contributed by atoms with Crippen LogP contribution in [-0.2, 0) is 30.4 Å². The van der Waals surface area contributed by atoms with Crippen molar-refractivity contribution >= 4 is 40.6 Å². The van der Waals surface area contributed by atoms with Gasteiger partial charge in [0, 0.05) is 23.5 Å². The Morgan fingerprint density at radius 3 is 2.50 bits per heavy atom. The lowest BCUT2D eigenvalue weighted by atomic mass is 10.0. The zero-order valence-electron chi connectivity index (χ0n) is 18.3. The standard InChI is InChI=1S/C22H27N5O7/c28-18(26-17(22(33)34)8-12-10-24-14-5-2-1-4-13(12)14)11-25-20(31)16(9-19(29)30)27-21(32)15-6-3-7-23-15/h1-2,4-5,10,15-17,23-24H,3,6-9,11H2,(H,25,31)(H,26,28)(H,27,32)(H,29,30)(H,33,34). The maximum absolute atomic E-state index is 12.4. The molecule has 3 amide bonds. The first-order valence-electron chi connectivity index (χ1n) is 10.8. The molecule has 0 spiro atoms. The summed E-state index contributed by atoms with van der Waals surface area (Å²) < 4.78 is 0. The molecule has 7 N–H and O–H groups in total. The Morgan fingerprint density at radius 2 is 1.82 bits per heavy atom. The van der Waals surface area contributed by atoms with Crippen LogP contribution in [0.25, 0.3) is 10.9 Å². The van der Waals surface area contributed by atoms with Crippen LogP contribution in [0.1, 0.15) is 24.8 Å². The minimum atomic E-state index is -1.37. The molecule has 1 aromatic carbocycles. The number of carboxylic acid groups (broad SMARTS) is 2.